The maximum atomic E-state index is 12.8. The van der Waals surface area contributed by atoms with Gasteiger partial charge in [-0.1, -0.05) is 6.07 Å². The number of rotatable bonds is 6. The van der Waals surface area contributed by atoms with Gasteiger partial charge in [-0.3, -0.25) is 10.2 Å². The predicted molar refractivity (Wildman–Crippen MR) is 88.8 cm³/mol. The van der Waals surface area contributed by atoms with E-state index in [0.29, 0.717) is 5.75 Å². The van der Waals surface area contributed by atoms with Crippen LogP contribution < -0.4 is 15.0 Å². The van der Waals surface area contributed by atoms with E-state index in [-0.39, 0.29) is 4.90 Å². The standard InChI is InChI=1S/C17H17FN2O4S/c18-14-5-7-15(8-6-14)24-11-17(21)19-20-25(22,23)16-9-4-12-2-1-3-13(12)10-16/h4-10,20H,1-3,11H2,(H,19,21). The van der Waals surface area contributed by atoms with Gasteiger partial charge in [0.05, 0.1) is 4.90 Å². The van der Waals surface area contributed by atoms with Crippen molar-refractivity contribution in [1.29, 1.82) is 0 Å². The number of ether oxygens (including phenoxy) is 1. The Morgan fingerprint density at radius 1 is 1.08 bits per heavy atom. The van der Waals surface area contributed by atoms with E-state index in [2.05, 4.69) is 5.43 Å². The molecule has 0 fully saturated rings. The molecule has 0 heterocycles. The van der Waals surface area contributed by atoms with Crippen LogP contribution in [0.2, 0.25) is 0 Å². The van der Waals surface area contributed by atoms with E-state index in [9.17, 15) is 17.6 Å². The largest absolute Gasteiger partial charge is 0.484 e. The topological polar surface area (TPSA) is 84.5 Å². The first-order chi connectivity index (χ1) is 11.9. The Morgan fingerprint density at radius 2 is 1.80 bits per heavy atom. The first-order valence-electron chi connectivity index (χ1n) is 7.75. The van der Waals surface area contributed by atoms with Crippen molar-refractivity contribution >= 4 is 15.9 Å². The van der Waals surface area contributed by atoms with Gasteiger partial charge in [-0.15, -0.1) is 4.83 Å². The third kappa shape index (κ3) is 4.34. The van der Waals surface area contributed by atoms with Crippen LogP contribution in [-0.2, 0) is 27.7 Å². The summed E-state index contributed by atoms with van der Waals surface area (Å²) in [5.74, 6) is -0.786. The van der Waals surface area contributed by atoms with Crippen LogP contribution in [0.1, 0.15) is 17.5 Å². The third-order valence-electron chi connectivity index (χ3n) is 3.89. The van der Waals surface area contributed by atoms with Gasteiger partial charge in [-0.2, -0.15) is 0 Å². The quantitative estimate of drug-likeness (QED) is 0.764. The molecule has 1 amide bonds. The van der Waals surface area contributed by atoms with E-state index in [1.165, 1.54) is 30.3 Å². The Bertz CT molecular complexity index is 882. The fourth-order valence-corrected chi connectivity index (χ4v) is 3.52. The first-order valence-corrected chi connectivity index (χ1v) is 9.23. The van der Waals surface area contributed by atoms with Crippen molar-refractivity contribution in [3.8, 4) is 5.75 Å². The lowest BCUT2D eigenvalue weighted by Gasteiger charge is -2.10. The molecule has 0 radical (unpaired) electrons. The molecule has 6 nitrogen and oxygen atoms in total. The molecule has 2 aromatic rings. The summed E-state index contributed by atoms with van der Waals surface area (Å²) in [7, 11) is -3.85. The maximum absolute atomic E-state index is 12.8. The van der Waals surface area contributed by atoms with Crippen molar-refractivity contribution in [2.75, 3.05) is 6.61 Å². The molecule has 0 aromatic heterocycles. The molecule has 0 atom stereocenters. The van der Waals surface area contributed by atoms with E-state index >= 15 is 0 Å². The van der Waals surface area contributed by atoms with Crippen LogP contribution in [0.15, 0.2) is 47.4 Å². The Labute approximate surface area is 145 Å². The number of halogens is 1. The highest BCUT2D eigenvalue weighted by atomic mass is 32.2. The Hall–Kier alpha value is -2.45. The van der Waals surface area contributed by atoms with E-state index < -0.39 is 28.4 Å². The number of aryl methyl sites for hydroxylation is 2. The summed E-state index contributed by atoms with van der Waals surface area (Å²) in [6, 6.07) is 10.1. The number of amides is 1. The van der Waals surface area contributed by atoms with Crippen LogP contribution >= 0.6 is 0 Å². The molecular formula is C17H17FN2O4S. The fraction of sp³-hybridized carbons (Fsp3) is 0.235. The van der Waals surface area contributed by atoms with Crippen molar-refractivity contribution in [2.24, 2.45) is 0 Å². The Balaban J connectivity index is 1.54. The molecular weight excluding hydrogens is 347 g/mol. The van der Waals surface area contributed by atoms with Gasteiger partial charge in [0.2, 0.25) is 0 Å². The number of hydrogen-bond donors (Lipinski definition) is 2. The van der Waals surface area contributed by atoms with Crippen molar-refractivity contribution in [2.45, 2.75) is 24.2 Å². The maximum Gasteiger partial charge on any atom is 0.272 e. The third-order valence-corrected chi connectivity index (χ3v) is 5.13. The highest BCUT2D eigenvalue weighted by molar-refractivity contribution is 7.89. The molecule has 0 spiro atoms. The van der Waals surface area contributed by atoms with Gasteiger partial charge >= 0.3 is 0 Å². The second-order valence-electron chi connectivity index (χ2n) is 5.68. The highest BCUT2D eigenvalue weighted by Gasteiger charge is 2.19. The number of sulfonamides is 1. The lowest BCUT2D eigenvalue weighted by molar-refractivity contribution is -0.123. The van der Waals surface area contributed by atoms with Crippen LogP contribution in [-0.4, -0.2) is 20.9 Å². The molecule has 0 saturated heterocycles. The van der Waals surface area contributed by atoms with E-state index in [0.717, 1.165) is 30.4 Å². The normalized spacial score (nSPS) is 13.3. The van der Waals surface area contributed by atoms with Gasteiger partial charge < -0.3 is 4.74 Å². The highest BCUT2D eigenvalue weighted by Crippen LogP contribution is 2.24. The molecule has 0 unspecified atom stereocenters. The fourth-order valence-electron chi connectivity index (χ4n) is 2.61. The van der Waals surface area contributed by atoms with Crippen molar-refractivity contribution < 1.29 is 22.3 Å². The van der Waals surface area contributed by atoms with Crippen molar-refractivity contribution in [3.63, 3.8) is 0 Å². The molecule has 132 valence electrons. The summed E-state index contributed by atoms with van der Waals surface area (Å²) < 4.78 is 42.4. The molecule has 1 aliphatic rings. The van der Waals surface area contributed by atoms with Gasteiger partial charge in [0, 0.05) is 0 Å². The molecule has 8 heteroatoms. The van der Waals surface area contributed by atoms with Crippen molar-refractivity contribution in [3.05, 3.63) is 59.4 Å². The predicted octanol–water partition coefficient (Wildman–Crippen LogP) is 1.70. The number of fused-ring (bicyclic) bond motifs is 1. The first kappa shape index (κ1) is 17.4. The average molecular weight is 364 g/mol. The minimum Gasteiger partial charge on any atom is -0.484 e. The van der Waals surface area contributed by atoms with E-state index in [1.807, 2.05) is 4.83 Å². The molecule has 0 bridgehead atoms. The zero-order valence-corrected chi connectivity index (χ0v) is 14.1. The monoisotopic (exact) mass is 364 g/mol. The SMILES string of the molecule is O=C(COc1ccc(F)cc1)NNS(=O)(=O)c1ccc2c(c1)CCC2. The summed E-state index contributed by atoms with van der Waals surface area (Å²) >= 11 is 0. The van der Waals surface area contributed by atoms with Gasteiger partial charge in [-0.05, 0) is 66.8 Å². The summed E-state index contributed by atoms with van der Waals surface area (Å²) in [6.07, 6.45) is 2.83. The number of carbonyl (C=O) groups is 1. The molecule has 2 aromatic carbocycles. The minimum atomic E-state index is -3.85. The zero-order valence-electron chi connectivity index (χ0n) is 13.3. The summed E-state index contributed by atoms with van der Waals surface area (Å²) in [4.78, 5) is 13.9. The Kier molecular flexibility index (Phi) is 5.00. The van der Waals surface area contributed by atoms with Crippen molar-refractivity contribution in [1.82, 2.24) is 10.3 Å². The Morgan fingerprint density at radius 3 is 2.56 bits per heavy atom. The number of carbonyl (C=O) groups excluding carboxylic acids is 1. The average Bonchev–Trinajstić information content (AvgIpc) is 3.07. The summed E-state index contributed by atoms with van der Waals surface area (Å²) in [6.45, 7) is -0.404. The van der Waals surface area contributed by atoms with Gasteiger partial charge in [0.15, 0.2) is 6.61 Å². The van der Waals surface area contributed by atoms with E-state index in [1.54, 1.807) is 12.1 Å². The molecule has 0 aliphatic heterocycles. The molecule has 1 aliphatic carbocycles. The number of hydrogen-bond acceptors (Lipinski definition) is 4. The molecule has 2 N–H and O–H groups in total. The van der Waals surface area contributed by atoms with E-state index in [4.69, 9.17) is 4.74 Å². The molecule has 3 rings (SSSR count). The summed E-state index contributed by atoms with van der Waals surface area (Å²) in [5, 5.41) is 0. The number of nitrogens with one attached hydrogen (secondary N) is 2. The molecule has 25 heavy (non-hydrogen) atoms. The van der Waals surface area contributed by atoms with Crippen LogP contribution in [0.4, 0.5) is 4.39 Å². The van der Waals surface area contributed by atoms with Gasteiger partial charge in [0.25, 0.3) is 15.9 Å². The number of benzene rings is 2. The second-order valence-corrected chi connectivity index (χ2v) is 7.36. The van der Waals surface area contributed by atoms with Gasteiger partial charge in [-0.25, -0.2) is 12.8 Å². The van der Waals surface area contributed by atoms with Crippen LogP contribution in [0.3, 0.4) is 0 Å². The summed E-state index contributed by atoms with van der Waals surface area (Å²) in [5.41, 5.74) is 4.28. The molecule has 0 saturated carbocycles. The van der Waals surface area contributed by atoms with Crippen LogP contribution in [0, 0.1) is 5.82 Å². The lowest BCUT2D eigenvalue weighted by Crippen LogP contribution is -2.43. The zero-order chi connectivity index (χ0) is 17.9. The van der Waals surface area contributed by atoms with Gasteiger partial charge in [0.1, 0.15) is 11.6 Å². The lowest BCUT2D eigenvalue weighted by atomic mass is 10.1. The smallest absolute Gasteiger partial charge is 0.272 e. The van der Waals surface area contributed by atoms with Crippen LogP contribution in [0.25, 0.3) is 0 Å². The van der Waals surface area contributed by atoms with Crippen LogP contribution in [0.5, 0.6) is 5.75 Å². The second kappa shape index (κ2) is 7.20. The minimum absolute atomic E-state index is 0.105. The number of hydrazine groups is 1.